The number of carbonyl (C=O) groups is 1. The largest absolute Gasteiger partial charge is 0.453 e. The predicted octanol–water partition coefficient (Wildman–Crippen LogP) is 6.51. The Kier molecular flexibility index (Phi) is 7.34. The van der Waals surface area contributed by atoms with Gasteiger partial charge in [-0.3, -0.25) is 4.79 Å². The Morgan fingerprint density at radius 1 is 1.03 bits per heavy atom. The average molecular weight is 450 g/mol. The molecule has 33 heavy (non-hydrogen) atoms. The molecule has 0 heterocycles. The van der Waals surface area contributed by atoms with E-state index in [0.717, 1.165) is 5.56 Å². The van der Waals surface area contributed by atoms with Crippen molar-refractivity contribution in [1.82, 2.24) is 0 Å². The zero-order valence-corrected chi connectivity index (χ0v) is 18.6. The molecule has 0 spiro atoms. The van der Waals surface area contributed by atoms with E-state index >= 15 is 0 Å². The van der Waals surface area contributed by atoms with Crippen molar-refractivity contribution in [3.05, 3.63) is 83.4 Å². The minimum absolute atomic E-state index is 0.0193. The molecule has 0 saturated heterocycles. The van der Waals surface area contributed by atoms with Crippen molar-refractivity contribution in [2.45, 2.75) is 39.2 Å². The highest BCUT2D eigenvalue weighted by Gasteiger charge is 2.33. The average Bonchev–Trinajstić information content (AvgIpc) is 2.77. The van der Waals surface area contributed by atoms with Crippen LogP contribution in [0.2, 0.25) is 0 Å². The van der Waals surface area contributed by atoms with Crippen LogP contribution in [0.3, 0.4) is 0 Å². The van der Waals surface area contributed by atoms with Crippen molar-refractivity contribution in [2.75, 3.05) is 0 Å². The summed E-state index contributed by atoms with van der Waals surface area (Å²) in [6.07, 6.45) is 6.01. The van der Waals surface area contributed by atoms with Crippen LogP contribution in [-0.2, 0) is 16.6 Å². The molecule has 0 fully saturated rings. The van der Waals surface area contributed by atoms with E-state index in [1.807, 2.05) is 30.3 Å². The van der Waals surface area contributed by atoms with Gasteiger partial charge in [0.15, 0.2) is 11.5 Å². The molecule has 0 amide bonds. The fourth-order valence-electron chi connectivity index (χ4n) is 3.44. The SMILES string of the molecule is C#CC(C)(C)c1c(OC(C)=O)cc(Cc2ccccc2)c(OC(F)F)c1Oc1ccccc1. The van der Waals surface area contributed by atoms with Crippen molar-refractivity contribution in [2.24, 2.45) is 0 Å². The molecular formula is C27H24F2O4. The highest BCUT2D eigenvalue weighted by atomic mass is 19.3. The lowest BCUT2D eigenvalue weighted by molar-refractivity contribution is -0.132. The number of halogens is 2. The molecule has 3 aromatic carbocycles. The number of carbonyl (C=O) groups excluding carboxylic acids is 1. The van der Waals surface area contributed by atoms with Crippen LogP contribution in [-0.4, -0.2) is 12.6 Å². The van der Waals surface area contributed by atoms with Crippen molar-refractivity contribution in [3.8, 4) is 35.3 Å². The Morgan fingerprint density at radius 3 is 2.18 bits per heavy atom. The molecular weight excluding hydrogens is 426 g/mol. The molecule has 0 saturated carbocycles. The van der Waals surface area contributed by atoms with Gasteiger partial charge in [0.2, 0.25) is 0 Å². The predicted molar refractivity (Wildman–Crippen MR) is 122 cm³/mol. The van der Waals surface area contributed by atoms with Crippen molar-refractivity contribution in [3.63, 3.8) is 0 Å². The maximum absolute atomic E-state index is 13.6. The molecule has 0 unspecified atom stereocenters. The lowest BCUT2D eigenvalue weighted by atomic mass is 9.82. The second-order valence-corrected chi connectivity index (χ2v) is 7.89. The second kappa shape index (κ2) is 10.2. The van der Waals surface area contributed by atoms with Crippen LogP contribution in [0.4, 0.5) is 8.78 Å². The summed E-state index contributed by atoms with van der Waals surface area (Å²) in [4.78, 5) is 11.9. The van der Waals surface area contributed by atoms with E-state index in [-0.39, 0.29) is 29.2 Å². The van der Waals surface area contributed by atoms with E-state index in [2.05, 4.69) is 5.92 Å². The summed E-state index contributed by atoms with van der Waals surface area (Å²) < 4.78 is 43.7. The summed E-state index contributed by atoms with van der Waals surface area (Å²) in [5.74, 6) is 2.39. The van der Waals surface area contributed by atoms with Gasteiger partial charge in [-0.25, -0.2) is 0 Å². The first-order chi connectivity index (χ1) is 15.7. The smallest absolute Gasteiger partial charge is 0.387 e. The van der Waals surface area contributed by atoms with Crippen LogP contribution in [0.25, 0.3) is 0 Å². The van der Waals surface area contributed by atoms with E-state index < -0.39 is 18.0 Å². The highest BCUT2D eigenvalue weighted by Crippen LogP contribution is 2.49. The molecule has 3 aromatic rings. The van der Waals surface area contributed by atoms with Gasteiger partial charge in [-0.2, -0.15) is 8.78 Å². The summed E-state index contributed by atoms with van der Waals surface area (Å²) in [7, 11) is 0. The van der Waals surface area contributed by atoms with E-state index in [0.29, 0.717) is 11.3 Å². The lowest BCUT2D eigenvalue weighted by Gasteiger charge is -2.28. The first kappa shape index (κ1) is 23.8. The van der Waals surface area contributed by atoms with Gasteiger partial charge in [-0.15, -0.1) is 6.42 Å². The van der Waals surface area contributed by atoms with Gasteiger partial charge >= 0.3 is 12.6 Å². The van der Waals surface area contributed by atoms with Crippen LogP contribution in [0.1, 0.15) is 37.5 Å². The van der Waals surface area contributed by atoms with Crippen molar-refractivity contribution in [1.29, 1.82) is 0 Å². The molecule has 0 aliphatic carbocycles. The molecule has 0 aromatic heterocycles. The molecule has 3 rings (SSSR count). The van der Waals surface area contributed by atoms with E-state index in [9.17, 15) is 13.6 Å². The summed E-state index contributed by atoms with van der Waals surface area (Å²) in [5.41, 5.74) is 0.428. The summed E-state index contributed by atoms with van der Waals surface area (Å²) in [6.45, 7) is 1.55. The molecule has 6 heteroatoms. The minimum Gasteiger partial charge on any atom is -0.453 e. The number of alkyl halides is 2. The number of para-hydroxylation sites is 1. The Labute approximate surface area is 192 Å². The van der Waals surface area contributed by atoms with E-state index in [4.69, 9.17) is 20.6 Å². The molecule has 0 atom stereocenters. The number of benzene rings is 3. The monoisotopic (exact) mass is 450 g/mol. The van der Waals surface area contributed by atoms with Crippen LogP contribution >= 0.6 is 0 Å². The molecule has 170 valence electrons. The summed E-state index contributed by atoms with van der Waals surface area (Å²) in [6, 6.07) is 19.4. The highest BCUT2D eigenvalue weighted by molar-refractivity contribution is 5.73. The fraction of sp³-hybridized carbons (Fsp3) is 0.222. The number of rotatable bonds is 8. The maximum Gasteiger partial charge on any atom is 0.387 e. The quantitative estimate of drug-likeness (QED) is 0.223. The number of esters is 1. The first-order valence-electron chi connectivity index (χ1n) is 10.3. The minimum atomic E-state index is -3.11. The third-order valence-corrected chi connectivity index (χ3v) is 4.92. The second-order valence-electron chi connectivity index (χ2n) is 7.89. The Bertz CT molecular complexity index is 1150. The van der Waals surface area contributed by atoms with Gasteiger partial charge in [0.05, 0.1) is 11.0 Å². The normalized spacial score (nSPS) is 11.1. The van der Waals surface area contributed by atoms with Gasteiger partial charge in [0.25, 0.3) is 0 Å². The van der Waals surface area contributed by atoms with Crippen molar-refractivity contribution < 1.29 is 27.8 Å². The molecule has 0 radical (unpaired) electrons. The van der Waals surface area contributed by atoms with E-state index in [1.165, 1.54) is 13.0 Å². The van der Waals surface area contributed by atoms with Crippen LogP contribution in [0.15, 0.2) is 66.7 Å². The number of hydrogen-bond donors (Lipinski definition) is 0. The molecule has 4 nitrogen and oxygen atoms in total. The van der Waals surface area contributed by atoms with Gasteiger partial charge in [0, 0.05) is 18.9 Å². The van der Waals surface area contributed by atoms with Crippen LogP contribution < -0.4 is 14.2 Å². The van der Waals surface area contributed by atoms with Crippen molar-refractivity contribution >= 4 is 5.97 Å². The van der Waals surface area contributed by atoms with Gasteiger partial charge in [-0.05, 0) is 37.6 Å². The zero-order valence-electron chi connectivity index (χ0n) is 18.6. The number of terminal acetylenes is 1. The molecule has 0 bridgehead atoms. The molecule has 0 aliphatic heterocycles. The van der Waals surface area contributed by atoms with E-state index in [1.54, 1.807) is 44.2 Å². The third-order valence-electron chi connectivity index (χ3n) is 4.92. The summed E-state index contributed by atoms with van der Waals surface area (Å²) >= 11 is 0. The first-order valence-corrected chi connectivity index (χ1v) is 10.3. The zero-order chi connectivity index (χ0) is 24.0. The fourth-order valence-corrected chi connectivity index (χ4v) is 3.44. The Balaban J connectivity index is 2.34. The Morgan fingerprint density at radius 2 is 1.64 bits per heavy atom. The van der Waals surface area contributed by atoms with Gasteiger partial charge < -0.3 is 14.2 Å². The standard InChI is InChI=1S/C27H24F2O4/c1-5-27(3,4)23-22(31-18(2)30)17-20(16-19-12-8-6-9-13-19)24(33-26(28)29)25(23)32-21-14-10-7-11-15-21/h1,6-15,17,26H,16H2,2-4H3. The number of ether oxygens (including phenoxy) is 3. The maximum atomic E-state index is 13.6. The lowest BCUT2D eigenvalue weighted by Crippen LogP contribution is -2.20. The van der Waals surface area contributed by atoms with Gasteiger partial charge in [0.1, 0.15) is 11.5 Å². The Hall–Kier alpha value is -3.85. The topological polar surface area (TPSA) is 44.8 Å². The molecule has 0 N–H and O–H groups in total. The number of hydrogen-bond acceptors (Lipinski definition) is 4. The van der Waals surface area contributed by atoms with Crippen LogP contribution in [0.5, 0.6) is 23.0 Å². The molecule has 0 aliphatic rings. The summed E-state index contributed by atoms with van der Waals surface area (Å²) in [5, 5.41) is 0. The third kappa shape index (κ3) is 5.89. The van der Waals surface area contributed by atoms with Gasteiger partial charge in [-0.1, -0.05) is 54.5 Å². The van der Waals surface area contributed by atoms with Crippen LogP contribution in [0, 0.1) is 12.3 Å².